The Kier molecular flexibility index (Phi) is 8.17. The largest absolute Gasteiger partial charge is 0.481 e. The van der Waals surface area contributed by atoms with E-state index in [0.29, 0.717) is 10.6 Å². The molecule has 0 aliphatic rings. The molecule has 11 heteroatoms. The molecule has 2 aromatic carbocycles. The number of rotatable bonds is 7. The molecule has 0 heterocycles. The van der Waals surface area contributed by atoms with Crippen molar-refractivity contribution in [2.24, 2.45) is 5.41 Å². The van der Waals surface area contributed by atoms with Crippen molar-refractivity contribution in [3.8, 4) is 11.1 Å². The van der Waals surface area contributed by atoms with Crippen LogP contribution in [0, 0.1) is 5.41 Å². The third-order valence-electron chi connectivity index (χ3n) is 5.48. The summed E-state index contributed by atoms with van der Waals surface area (Å²) in [4.78, 5) is 37.4. The Balaban J connectivity index is 2.78. The topological polar surface area (TPSA) is 138 Å². The zero-order valence-corrected chi connectivity index (χ0v) is 22.5. The quantitative estimate of drug-likeness (QED) is 0.484. The van der Waals surface area contributed by atoms with Gasteiger partial charge in [0.1, 0.15) is 5.60 Å². The third kappa shape index (κ3) is 5.99. The van der Waals surface area contributed by atoms with Gasteiger partial charge in [-0.1, -0.05) is 56.6 Å². The van der Waals surface area contributed by atoms with Crippen LogP contribution in [0.15, 0.2) is 53.4 Å². The van der Waals surface area contributed by atoms with Crippen LogP contribution in [0.2, 0.25) is 5.02 Å². The number of carboxylic acids is 2. The van der Waals surface area contributed by atoms with Crippen LogP contribution in [0.4, 0.5) is 4.79 Å². The van der Waals surface area contributed by atoms with Crippen LogP contribution in [-0.2, 0) is 24.3 Å². The van der Waals surface area contributed by atoms with Crippen molar-refractivity contribution in [3.05, 3.63) is 53.6 Å². The number of benzene rings is 2. The second-order valence-corrected chi connectivity index (χ2v) is 12.5. The average molecular weight is 540 g/mol. The monoisotopic (exact) mass is 539 g/mol. The van der Waals surface area contributed by atoms with Crippen LogP contribution in [0.3, 0.4) is 0 Å². The molecule has 1 atom stereocenters. The van der Waals surface area contributed by atoms with Crippen molar-refractivity contribution in [1.82, 2.24) is 4.31 Å². The highest BCUT2D eigenvalue weighted by molar-refractivity contribution is 7.89. The molecule has 36 heavy (non-hydrogen) atoms. The van der Waals surface area contributed by atoms with E-state index < -0.39 is 55.9 Å². The van der Waals surface area contributed by atoms with Gasteiger partial charge in [-0.25, -0.2) is 18.0 Å². The number of hydrogen-bond acceptors (Lipinski definition) is 6. The van der Waals surface area contributed by atoms with Crippen LogP contribution >= 0.6 is 11.6 Å². The van der Waals surface area contributed by atoms with Crippen molar-refractivity contribution < 1.29 is 37.8 Å². The SMILES string of the molecule is CC(C)(C)OC(=O)N([C@@](CC(=O)O)(C(=O)O)C(C)(C)C)S(=O)(=O)c1ccc(-c2ccc(Cl)cc2)cc1. The van der Waals surface area contributed by atoms with Gasteiger partial charge in [0.25, 0.3) is 10.0 Å². The maximum Gasteiger partial charge on any atom is 0.425 e. The molecule has 9 nitrogen and oxygen atoms in total. The zero-order chi connectivity index (χ0) is 27.7. The number of carbonyl (C=O) groups is 3. The van der Waals surface area contributed by atoms with Crippen LogP contribution in [0.25, 0.3) is 11.1 Å². The Morgan fingerprint density at radius 3 is 1.67 bits per heavy atom. The van der Waals surface area contributed by atoms with Crippen LogP contribution in [-0.4, -0.2) is 52.1 Å². The Morgan fingerprint density at radius 2 is 1.31 bits per heavy atom. The summed E-state index contributed by atoms with van der Waals surface area (Å²) >= 11 is 5.92. The third-order valence-corrected chi connectivity index (χ3v) is 7.54. The molecule has 0 saturated carbocycles. The molecule has 1 amide bonds. The van der Waals surface area contributed by atoms with E-state index in [2.05, 4.69) is 0 Å². The molecule has 0 aliphatic heterocycles. The normalized spacial score (nSPS) is 14.0. The summed E-state index contributed by atoms with van der Waals surface area (Å²) in [6, 6.07) is 12.2. The van der Waals surface area contributed by atoms with Crippen LogP contribution in [0.5, 0.6) is 0 Å². The number of carboxylic acid groups (broad SMARTS) is 2. The van der Waals surface area contributed by atoms with Gasteiger partial charge in [0, 0.05) is 5.02 Å². The van der Waals surface area contributed by atoms with E-state index in [1.165, 1.54) is 65.8 Å². The Hall–Kier alpha value is -3.11. The summed E-state index contributed by atoms with van der Waals surface area (Å²) in [5.74, 6) is -3.40. The minimum absolute atomic E-state index is 0.0685. The number of amides is 1. The van der Waals surface area contributed by atoms with Gasteiger partial charge < -0.3 is 14.9 Å². The second-order valence-electron chi connectivity index (χ2n) is 10.3. The van der Waals surface area contributed by atoms with Crippen LogP contribution in [0.1, 0.15) is 48.0 Å². The zero-order valence-electron chi connectivity index (χ0n) is 20.9. The summed E-state index contributed by atoms with van der Waals surface area (Å²) < 4.78 is 33.1. The minimum Gasteiger partial charge on any atom is -0.481 e. The lowest BCUT2D eigenvalue weighted by Gasteiger charge is -2.46. The van der Waals surface area contributed by atoms with E-state index in [-0.39, 0.29) is 4.31 Å². The maximum absolute atomic E-state index is 13.9. The van der Waals surface area contributed by atoms with Crippen molar-refractivity contribution in [2.75, 3.05) is 0 Å². The predicted molar refractivity (Wildman–Crippen MR) is 134 cm³/mol. The van der Waals surface area contributed by atoms with E-state index >= 15 is 0 Å². The standard InChI is InChI=1S/C25H30ClNO8S/c1-23(2,3)25(21(30)31,15-20(28)29)27(22(32)35-24(4,5)6)36(33,34)19-13-9-17(10-14-19)16-7-11-18(26)12-8-16/h7-14H,15H2,1-6H3,(H,28,29)(H,30,31)/t25-/m0/s1. The molecule has 0 spiro atoms. The lowest BCUT2D eigenvalue weighted by molar-refractivity contribution is -0.161. The first-order valence-corrected chi connectivity index (χ1v) is 12.7. The fraction of sp³-hybridized carbons (Fsp3) is 0.400. The van der Waals surface area contributed by atoms with Gasteiger partial charge in [-0.05, 0) is 61.6 Å². The van der Waals surface area contributed by atoms with Gasteiger partial charge in [0.05, 0.1) is 11.3 Å². The fourth-order valence-corrected chi connectivity index (χ4v) is 5.55. The average Bonchev–Trinajstić information content (AvgIpc) is 2.71. The molecular formula is C25H30ClNO8S. The van der Waals surface area contributed by atoms with Gasteiger partial charge in [0.15, 0.2) is 5.54 Å². The first-order chi connectivity index (χ1) is 16.3. The van der Waals surface area contributed by atoms with Crippen molar-refractivity contribution in [3.63, 3.8) is 0 Å². The fourth-order valence-electron chi connectivity index (χ4n) is 3.67. The van der Waals surface area contributed by atoms with Crippen molar-refractivity contribution >= 4 is 39.7 Å². The number of nitrogens with zero attached hydrogens (tertiary/aromatic N) is 1. The van der Waals surface area contributed by atoms with E-state index in [1.54, 1.807) is 24.3 Å². The molecule has 0 aromatic heterocycles. The molecule has 0 bridgehead atoms. The summed E-state index contributed by atoms with van der Waals surface area (Å²) in [6.45, 7) is 8.48. The van der Waals surface area contributed by atoms with E-state index in [1.807, 2.05) is 0 Å². The second kappa shape index (κ2) is 10.1. The summed E-state index contributed by atoms with van der Waals surface area (Å²) in [5.41, 5.74) is -4.08. The lowest BCUT2D eigenvalue weighted by atomic mass is 9.71. The maximum atomic E-state index is 13.9. The number of sulfonamides is 1. The summed E-state index contributed by atoms with van der Waals surface area (Å²) in [5, 5.41) is 20.4. The van der Waals surface area contributed by atoms with Gasteiger partial charge in [-0.15, -0.1) is 0 Å². The molecule has 2 N–H and O–H groups in total. The molecule has 0 fully saturated rings. The number of carbonyl (C=O) groups excluding carboxylic acids is 1. The highest BCUT2D eigenvalue weighted by Crippen LogP contribution is 2.43. The Morgan fingerprint density at radius 1 is 0.861 bits per heavy atom. The molecule has 0 aliphatic carbocycles. The van der Waals surface area contributed by atoms with Gasteiger partial charge in [-0.2, -0.15) is 4.31 Å². The van der Waals surface area contributed by atoms with Crippen LogP contribution < -0.4 is 0 Å². The Labute approximate surface area is 215 Å². The number of ether oxygens (including phenoxy) is 1. The molecule has 0 radical (unpaired) electrons. The molecule has 0 saturated heterocycles. The van der Waals surface area contributed by atoms with Gasteiger partial charge in [-0.3, -0.25) is 4.79 Å². The first kappa shape index (κ1) is 29.1. The number of hydrogen-bond donors (Lipinski definition) is 2. The minimum atomic E-state index is -4.92. The molecule has 2 rings (SSSR count). The summed E-state index contributed by atoms with van der Waals surface area (Å²) in [6.07, 6.45) is -2.68. The predicted octanol–water partition coefficient (Wildman–Crippen LogP) is 5.28. The Bertz CT molecular complexity index is 1240. The van der Waals surface area contributed by atoms with Crippen molar-refractivity contribution in [2.45, 2.75) is 64.0 Å². The molecular weight excluding hydrogens is 510 g/mol. The summed E-state index contributed by atoms with van der Waals surface area (Å²) in [7, 11) is -4.92. The van der Waals surface area contributed by atoms with E-state index in [0.717, 1.165) is 5.56 Å². The highest BCUT2D eigenvalue weighted by atomic mass is 35.5. The van der Waals surface area contributed by atoms with E-state index in [9.17, 15) is 33.0 Å². The smallest absolute Gasteiger partial charge is 0.425 e. The van der Waals surface area contributed by atoms with Gasteiger partial charge in [0.2, 0.25) is 0 Å². The van der Waals surface area contributed by atoms with Gasteiger partial charge >= 0.3 is 18.0 Å². The molecule has 2 aromatic rings. The lowest BCUT2D eigenvalue weighted by Crippen LogP contribution is -2.67. The molecule has 196 valence electrons. The van der Waals surface area contributed by atoms with Crippen molar-refractivity contribution in [1.29, 1.82) is 0 Å². The molecule has 0 unspecified atom stereocenters. The number of aliphatic carboxylic acids is 2. The number of halogens is 1. The first-order valence-electron chi connectivity index (χ1n) is 10.9. The van der Waals surface area contributed by atoms with E-state index in [4.69, 9.17) is 16.3 Å². The highest BCUT2D eigenvalue weighted by Gasteiger charge is 2.62.